The summed E-state index contributed by atoms with van der Waals surface area (Å²) < 4.78 is 0. The fourth-order valence-electron chi connectivity index (χ4n) is 2.28. The van der Waals surface area contributed by atoms with E-state index in [2.05, 4.69) is 19.2 Å². The summed E-state index contributed by atoms with van der Waals surface area (Å²) in [6.07, 6.45) is 0. The van der Waals surface area contributed by atoms with Crippen molar-refractivity contribution in [2.45, 2.75) is 13.8 Å². The molecule has 1 aromatic rings. The first-order valence-corrected chi connectivity index (χ1v) is 6.50. The zero-order chi connectivity index (χ0) is 14.9. The van der Waals surface area contributed by atoms with E-state index in [1.54, 1.807) is 4.90 Å². The van der Waals surface area contributed by atoms with Crippen molar-refractivity contribution in [2.75, 3.05) is 18.4 Å². The molecule has 1 fully saturated rings. The quantitative estimate of drug-likeness (QED) is 0.723. The van der Waals surface area contributed by atoms with Gasteiger partial charge in [-0.15, -0.1) is 0 Å². The molecule has 1 aliphatic rings. The van der Waals surface area contributed by atoms with Gasteiger partial charge in [0.05, 0.1) is 0 Å². The molecule has 0 spiro atoms. The summed E-state index contributed by atoms with van der Waals surface area (Å²) in [5.74, 6) is -0.647. The van der Waals surface area contributed by atoms with Crippen LogP contribution in [0.1, 0.15) is 24.2 Å². The molecule has 1 heterocycles. The van der Waals surface area contributed by atoms with Crippen LogP contribution in [0.2, 0.25) is 0 Å². The Hall–Kier alpha value is -2.24. The molecule has 2 amide bonds. The number of likely N-dealkylation sites (tertiary alicyclic amines) is 1. The average Bonchev–Trinajstić information content (AvgIpc) is 2.72. The topological polar surface area (TPSA) is 89.9 Å². The lowest BCUT2D eigenvalue weighted by molar-refractivity contribution is 0.0693. The first-order chi connectivity index (χ1) is 9.38. The number of rotatable bonds is 2. The maximum Gasteiger partial charge on any atom is 0.339 e. The Kier molecular flexibility index (Phi) is 3.83. The number of hydrogen-bond donors (Lipinski definition) is 3. The molecule has 0 aromatic heterocycles. The second-order valence-corrected chi connectivity index (χ2v) is 5.33. The lowest BCUT2D eigenvalue weighted by Crippen LogP contribution is -2.33. The minimum Gasteiger partial charge on any atom is -0.507 e. The van der Waals surface area contributed by atoms with Gasteiger partial charge in [-0.25, -0.2) is 9.59 Å². The minimum absolute atomic E-state index is 0.231. The summed E-state index contributed by atoms with van der Waals surface area (Å²) in [4.78, 5) is 24.7. The standard InChI is InChI=1S/C14H18N2O4/c1-8-6-16(7-9(8)2)14(20)15-10-3-4-12(17)11(5-10)13(18)19/h3-5,8-9,17H,6-7H2,1-2H3,(H,15,20)(H,18,19). The van der Waals surface area contributed by atoms with E-state index in [1.807, 2.05) is 0 Å². The molecular formula is C14H18N2O4. The van der Waals surface area contributed by atoms with Gasteiger partial charge in [0.1, 0.15) is 11.3 Å². The largest absolute Gasteiger partial charge is 0.507 e. The normalized spacial score (nSPS) is 21.8. The summed E-state index contributed by atoms with van der Waals surface area (Å²) in [6, 6.07) is 3.73. The van der Waals surface area contributed by atoms with E-state index in [9.17, 15) is 14.7 Å². The van der Waals surface area contributed by atoms with E-state index in [-0.39, 0.29) is 17.3 Å². The maximum atomic E-state index is 12.1. The number of carboxylic acids is 1. The number of carboxylic acid groups (broad SMARTS) is 1. The molecule has 1 saturated heterocycles. The zero-order valence-electron chi connectivity index (χ0n) is 11.5. The van der Waals surface area contributed by atoms with Crippen LogP contribution in [0.3, 0.4) is 0 Å². The van der Waals surface area contributed by atoms with Crippen molar-refractivity contribution in [1.82, 2.24) is 4.90 Å². The number of phenols is 1. The summed E-state index contributed by atoms with van der Waals surface area (Å²) in [5.41, 5.74) is 0.128. The third kappa shape index (κ3) is 2.84. The monoisotopic (exact) mass is 278 g/mol. The highest BCUT2D eigenvalue weighted by molar-refractivity contribution is 5.95. The Morgan fingerprint density at radius 2 is 1.85 bits per heavy atom. The molecule has 1 aromatic carbocycles. The van der Waals surface area contributed by atoms with Gasteiger partial charge in [0, 0.05) is 18.8 Å². The van der Waals surface area contributed by atoms with Gasteiger partial charge in [0.15, 0.2) is 0 Å². The second-order valence-electron chi connectivity index (χ2n) is 5.33. The maximum absolute atomic E-state index is 12.1. The molecule has 20 heavy (non-hydrogen) atoms. The number of amides is 2. The van der Waals surface area contributed by atoms with Crippen molar-refractivity contribution in [3.05, 3.63) is 23.8 Å². The number of hydrogen-bond acceptors (Lipinski definition) is 3. The van der Waals surface area contributed by atoms with Crippen molar-refractivity contribution in [2.24, 2.45) is 11.8 Å². The van der Waals surface area contributed by atoms with Gasteiger partial charge in [-0.3, -0.25) is 0 Å². The highest BCUT2D eigenvalue weighted by Gasteiger charge is 2.29. The highest BCUT2D eigenvalue weighted by atomic mass is 16.4. The Balaban J connectivity index is 2.09. The summed E-state index contributed by atoms with van der Waals surface area (Å²) in [5, 5.41) is 21.0. The predicted octanol–water partition coefficient (Wildman–Crippen LogP) is 2.21. The minimum atomic E-state index is -1.23. The average molecular weight is 278 g/mol. The number of urea groups is 1. The molecule has 2 atom stereocenters. The second kappa shape index (κ2) is 5.40. The fraction of sp³-hybridized carbons (Fsp3) is 0.429. The Morgan fingerprint density at radius 1 is 1.25 bits per heavy atom. The molecule has 0 radical (unpaired) electrons. The molecule has 3 N–H and O–H groups in total. The zero-order valence-corrected chi connectivity index (χ0v) is 11.5. The van der Waals surface area contributed by atoms with Crippen molar-refractivity contribution in [3.8, 4) is 5.75 Å². The number of benzene rings is 1. The number of nitrogens with zero attached hydrogens (tertiary/aromatic N) is 1. The first-order valence-electron chi connectivity index (χ1n) is 6.50. The van der Waals surface area contributed by atoms with Crippen LogP contribution < -0.4 is 5.32 Å². The molecule has 0 aliphatic carbocycles. The van der Waals surface area contributed by atoms with Crippen LogP contribution in [0.5, 0.6) is 5.75 Å². The van der Waals surface area contributed by atoms with Crippen LogP contribution in [0, 0.1) is 11.8 Å². The van der Waals surface area contributed by atoms with Crippen LogP contribution >= 0.6 is 0 Å². The predicted molar refractivity (Wildman–Crippen MR) is 74.0 cm³/mol. The number of carbonyl (C=O) groups excluding carboxylic acids is 1. The molecule has 0 bridgehead atoms. The van der Waals surface area contributed by atoms with Crippen molar-refractivity contribution >= 4 is 17.7 Å². The van der Waals surface area contributed by atoms with Crippen molar-refractivity contribution in [1.29, 1.82) is 0 Å². The van der Waals surface area contributed by atoms with E-state index < -0.39 is 5.97 Å². The molecule has 1 aliphatic heterocycles. The number of aromatic hydroxyl groups is 1. The Bertz CT molecular complexity index is 534. The molecule has 108 valence electrons. The van der Waals surface area contributed by atoms with Crippen LogP contribution in [0.25, 0.3) is 0 Å². The van der Waals surface area contributed by atoms with Gasteiger partial charge in [-0.1, -0.05) is 13.8 Å². The van der Waals surface area contributed by atoms with Gasteiger partial charge in [-0.05, 0) is 30.0 Å². The Morgan fingerprint density at radius 3 is 2.40 bits per heavy atom. The summed E-state index contributed by atoms with van der Waals surface area (Å²) in [6.45, 7) is 5.58. The molecule has 2 rings (SSSR count). The number of aromatic carboxylic acids is 1. The summed E-state index contributed by atoms with van der Waals surface area (Å²) >= 11 is 0. The first kappa shape index (κ1) is 14.2. The molecule has 2 unspecified atom stereocenters. The van der Waals surface area contributed by atoms with Crippen LogP contribution in [0.15, 0.2) is 18.2 Å². The molecular weight excluding hydrogens is 260 g/mol. The lowest BCUT2D eigenvalue weighted by atomic mass is 10.0. The number of carbonyl (C=O) groups is 2. The van der Waals surface area contributed by atoms with Crippen LogP contribution in [-0.2, 0) is 0 Å². The third-order valence-electron chi connectivity index (χ3n) is 3.75. The van der Waals surface area contributed by atoms with E-state index in [4.69, 9.17) is 5.11 Å². The van der Waals surface area contributed by atoms with Gasteiger partial charge < -0.3 is 20.4 Å². The van der Waals surface area contributed by atoms with E-state index >= 15 is 0 Å². The van der Waals surface area contributed by atoms with Gasteiger partial charge >= 0.3 is 12.0 Å². The van der Waals surface area contributed by atoms with Crippen LogP contribution in [-0.4, -0.2) is 40.2 Å². The summed E-state index contributed by atoms with van der Waals surface area (Å²) in [7, 11) is 0. The smallest absolute Gasteiger partial charge is 0.339 e. The fourth-order valence-corrected chi connectivity index (χ4v) is 2.28. The Labute approximate surface area is 117 Å². The molecule has 0 saturated carbocycles. The van der Waals surface area contributed by atoms with Crippen LogP contribution in [0.4, 0.5) is 10.5 Å². The van der Waals surface area contributed by atoms with E-state index in [1.165, 1.54) is 18.2 Å². The number of nitrogens with one attached hydrogen (secondary N) is 1. The van der Waals surface area contributed by atoms with E-state index in [0.717, 1.165) is 0 Å². The van der Waals surface area contributed by atoms with Gasteiger partial charge in [0.25, 0.3) is 0 Å². The third-order valence-corrected chi connectivity index (χ3v) is 3.75. The SMILES string of the molecule is CC1CN(C(=O)Nc2ccc(O)c(C(=O)O)c2)CC1C. The highest BCUT2D eigenvalue weighted by Crippen LogP contribution is 2.24. The lowest BCUT2D eigenvalue weighted by Gasteiger charge is -2.17. The van der Waals surface area contributed by atoms with Gasteiger partial charge in [-0.2, -0.15) is 0 Å². The molecule has 6 nitrogen and oxygen atoms in total. The number of anilines is 1. The van der Waals surface area contributed by atoms with Crippen molar-refractivity contribution in [3.63, 3.8) is 0 Å². The molecule has 6 heteroatoms. The van der Waals surface area contributed by atoms with Crippen molar-refractivity contribution < 1.29 is 19.8 Å². The van der Waals surface area contributed by atoms with E-state index in [0.29, 0.717) is 30.6 Å². The van der Waals surface area contributed by atoms with Gasteiger partial charge in [0.2, 0.25) is 0 Å².